The molecule has 2 aromatic rings. The predicted molar refractivity (Wildman–Crippen MR) is 76.9 cm³/mol. The lowest BCUT2D eigenvalue weighted by Gasteiger charge is -2.11. The molecule has 0 aromatic heterocycles. The van der Waals surface area contributed by atoms with Gasteiger partial charge in [-0.15, -0.1) is 0 Å². The second-order valence-corrected chi connectivity index (χ2v) is 5.39. The van der Waals surface area contributed by atoms with Gasteiger partial charge in [-0.25, -0.2) is 0 Å². The van der Waals surface area contributed by atoms with Gasteiger partial charge in [0.15, 0.2) is 0 Å². The molecular weight excluding hydrogens is 234 g/mol. The van der Waals surface area contributed by atoms with Crippen LogP contribution < -0.4 is 9.64 Å². The van der Waals surface area contributed by atoms with Gasteiger partial charge in [0.2, 0.25) is 0 Å². The zero-order valence-electron chi connectivity index (χ0n) is 11.0. The summed E-state index contributed by atoms with van der Waals surface area (Å²) in [5.41, 5.74) is 4.27. The van der Waals surface area contributed by atoms with Crippen LogP contribution in [0.15, 0.2) is 48.5 Å². The molecule has 1 fully saturated rings. The number of hydrogen-bond donors (Lipinski definition) is 0. The van der Waals surface area contributed by atoms with Crippen molar-refractivity contribution in [3.05, 3.63) is 59.7 Å². The van der Waals surface area contributed by atoms with Crippen molar-refractivity contribution in [3.8, 4) is 5.75 Å². The zero-order chi connectivity index (χ0) is 12.8. The van der Waals surface area contributed by atoms with Gasteiger partial charge in [-0.1, -0.05) is 36.4 Å². The van der Waals surface area contributed by atoms with Crippen LogP contribution in [0.2, 0.25) is 0 Å². The van der Waals surface area contributed by atoms with Gasteiger partial charge in [-0.05, 0) is 36.1 Å². The molecule has 0 N–H and O–H groups in total. The van der Waals surface area contributed by atoms with Crippen LogP contribution in [-0.4, -0.2) is 19.2 Å². The van der Waals surface area contributed by atoms with Crippen molar-refractivity contribution in [1.82, 2.24) is 0 Å². The van der Waals surface area contributed by atoms with Crippen LogP contribution in [0.25, 0.3) is 0 Å². The normalized spacial score (nSPS) is 23.5. The van der Waals surface area contributed by atoms with E-state index in [0.717, 1.165) is 5.75 Å². The van der Waals surface area contributed by atoms with E-state index in [1.54, 1.807) is 7.11 Å². The number of nitrogens with zero attached hydrogens (tertiary/aromatic N) is 1. The van der Waals surface area contributed by atoms with E-state index in [-0.39, 0.29) is 0 Å². The molecule has 0 bridgehead atoms. The lowest BCUT2D eigenvalue weighted by molar-refractivity contribution is 0.416. The number of hydrogen-bond acceptors (Lipinski definition) is 2. The van der Waals surface area contributed by atoms with Crippen molar-refractivity contribution < 1.29 is 4.74 Å². The number of anilines is 1. The van der Waals surface area contributed by atoms with Gasteiger partial charge in [0.25, 0.3) is 0 Å². The third-order valence-electron chi connectivity index (χ3n) is 4.41. The number of methoxy groups -OCH3 is 1. The Morgan fingerprint density at radius 2 is 1.47 bits per heavy atom. The Labute approximate surface area is 113 Å². The molecule has 19 heavy (non-hydrogen) atoms. The van der Waals surface area contributed by atoms with E-state index in [1.807, 2.05) is 12.1 Å². The molecule has 2 aliphatic rings. The molecule has 1 saturated heterocycles. The summed E-state index contributed by atoms with van der Waals surface area (Å²) in [5.74, 6) is 0.987. The van der Waals surface area contributed by atoms with Gasteiger partial charge in [0.1, 0.15) is 5.75 Å². The second kappa shape index (κ2) is 4.02. The molecule has 1 heterocycles. The highest BCUT2D eigenvalue weighted by Crippen LogP contribution is 2.46. The minimum atomic E-state index is 0.659. The SMILES string of the molecule is COc1ccccc1N1[C@@H]2Cc3ccccc3C[C@@H]21. The van der Waals surface area contributed by atoms with E-state index in [4.69, 9.17) is 4.74 Å². The number of rotatable bonds is 2. The Morgan fingerprint density at radius 3 is 2.11 bits per heavy atom. The van der Waals surface area contributed by atoms with Gasteiger partial charge in [-0.2, -0.15) is 0 Å². The lowest BCUT2D eigenvalue weighted by atomic mass is 9.92. The molecule has 1 aliphatic carbocycles. The Kier molecular flexibility index (Phi) is 2.31. The highest BCUT2D eigenvalue weighted by Gasteiger charge is 2.50. The zero-order valence-corrected chi connectivity index (χ0v) is 11.0. The van der Waals surface area contributed by atoms with Crippen molar-refractivity contribution in [2.24, 2.45) is 0 Å². The molecule has 96 valence electrons. The molecule has 1 aliphatic heterocycles. The summed E-state index contributed by atoms with van der Waals surface area (Å²) in [6, 6.07) is 18.5. The Bertz CT molecular complexity index is 591. The molecule has 2 aromatic carbocycles. The van der Waals surface area contributed by atoms with Gasteiger partial charge < -0.3 is 9.64 Å². The fraction of sp³-hybridized carbons (Fsp3) is 0.294. The quantitative estimate of drug-likeness (QED) is 0.760. The van der Waals surface area contributed by atoms with Crippen molar-refractivity contribution in [1.29, 1.82) is 0 Å². The first-order valence-corrected chi connectivity index (χ1v) is 6.86. The molecule has 0 amide bonds. The molecular formula is C17H17NO. The average molecular weight is 251 g/mol. The van der Waals surface area contributed by atoms with Crippen LogP contribution >= 0.6 is 0 Å². The van der Waals surface area contributed by atoms with Crippen LogP contribution in [0, 0.1) is 0 Å². The van der Waals surface area contributed by atoms with E-state index in [1.165, 1.54) is 29.7 Å². The van der Waals surface area contributed by atoms with Crippen molar-refractivity contribution in [2.75, 3.05) is 12.0 Å². The fourth-order valence-electron chi connectivity index (χ4n) is 3.41. The maximum absolute atomic E-state index is 5.49. The Morgan fingerprint density at radius 1 is 0.895 bits per heavy atom. The molecule has 2 atom stereocenters. The third-order valence-corrected chi connectivity index (χ3v) is 4.41. The Balaban J connectivity index is 1.65. The number of fused-ring (bicyclic) bond motifs is 2. The molecule has 0 saturated carbocycles. The minimum Gasteiger partial charge on any atom is -0.495 e. The van der Waals surface area contributed by atoms with Crippen LogP contribution in [0.5, 0.6) is 5.75 Å². The Hall–Kier alpha value is -1.96. The summed E-state index contributed by atoms with van der Waals surface area (Å²) in [6.07, 6.45) is 2.33. The van der Waals surface area contributed by atoms with Gasteiger partial charge in [0, 0.05) is 0 Å². The third kappa shape index (κ3) is 1.63. The maximum atomic E-state index is 5.49. The highest BCUT2D eigenvalue weighted by molar-refractivity contribution is 5.67. The second-order valence-electron chi connectivity index (χ2n) is 5.39. The lowest BCUT2D eigenvalue weighted by Crippen LogP contribution is -2.11. The first kappa shape index (κ1) is 10.9. The van der Waals surface area contributed by atoms with Crippen LogP contribution in [-0.2, 0) is 12.8 Å². The summed E-state index contributed by atoms with van der Waals surface area (Å²) in [5, 5.41) is 0. The molecule has 0 unspecified atom stereocenters. The topological polar surface area (TPSA) is 12.2 Å². The molecule has 2 heteroatoms. The number of benzene rings is 2. The molecule has 0 spiro atoms. The summed E-state index contributed by atoms with van der Waals surface area (Å²) in [4.78, 5) is 2.51. The molecule has 4 rings (SSSR count). The first-order chi connectivity index (χ1) is 9.38. The summed E-state index contributed by atoms with van der Waals surface area (Å²) >= 11 is 0. The predicted octanol–water partition coefficient (Wildman–Crippen LogP) is 3.05. The number of para-hydroxylation sites is 2. The van der Waals surface area contributed by atoms with Gasteiger partial charge in [-0.3, -0.25) is 0 Å². The smallest absolute Gasteiger partial charge is 0.142 e. The maximum Gasteiger partial charge on any atom is 0.142 e. The van der Waals surface area contributed by atoms with Crippen LogP contribution in [0.4, 0.5) is 5.69 Å². The molecule has 0 radical (unpaired) electrons. The van der Waals surface area contributed by atoms with E-state index in [9.17, 15) is 0 Å². The monoisotopic (exact) mass is 251 g/mol. The van der Waals surface area contributed by atoms with Crippen LogP contribution in [0.3, 0.4) is 0 Å². The molecule has 2 nitrogen and oxygen atoms in total. The van der Waals surface area contributed by atoms with Crippen molar-refractivity contribution >= 4 is 5.69 Å². The summed E-state index contributed by atoms with van der Waals surface area (Å²) in [7, 11) is 1.75. The standard InChI is InChI=1S/C17H17NO/c1-19-17-9-5-4-8-14(17)18-15-10-12-6-2-3-7-13(12)11-16(15)18/h2-9,15-16H,10-11H2,1H3/t15-,16+,18?. The fourth-order valence-corrected chi connectivity index (χ4v) is 3.41. The van der Waals surface area contributed by atoms with E-state index in [2.05, 4.69) is 41.3 Å². The largest absolute Gasteiger partial charge is 0.495 e. The van der Waals surface area contributed by atoms with Crippen LogP contribution in [0.1, 0.15) is 11.1 Å². The highest BCUT2D eigenvalue weighted by atomic mass is 16.5. The first-order valence-electron chi connectivity index (χ1n) is 6.86. The van der Waals surface area contributed by atoms with Gasteiger partial charge in [0.05, 0.1) is 24.9 Å². The van der Waals surface area contributed by atoms with Gasteiger partial charge >= 0.3 is 0 Å². The van der Waals surface area contributed by atoms with Crippen molar-refractivity contribution in [3.63, 3.8) is 0 Å². The number of ether oxygens (including phenoxy) is 1. The van der Waals surface area contributed by atoms with Crippen molar-refractivity contribution in [2.45, 2.75) is 24.9 Å². The van der Waals surface area contributed by atoms with E-state index in [0.29, 0.717) is 12.1 Å². The van der Waals surface area contributed by atoms with E-state index >= 15 is 0 Å². The summed E-state index contributed by atoms with van der Waals surface area (Å²) in [6.45, 7) is 0. The van der Waals surface area contributed by atoms with E-state index < -0.39 is 0 Å². The average Bonchev–Trinajstić information content (AvgIpc) is 3.17. The summed E-state index contributed by atoms with van der Waals surface area (Å²) < 4.78 is 5.49. The minimum absolute atomic E-state index is 0.659.